The monoisotopic (exact) mass is 268 g/mol. The molecule has 0 unspecified atom stereocenters. The first-order valence-electron chi connectivity index (χ1n) is 6.53. The Bertz CT molecular complexity index is 371. The average molecular weight is 268 g/mol. The van der Waals surface area contributed by atoms with E-state index in [1.165, 1.54) is 9.88 Å². The number of guanidine groups is 1. The first-order chi connectivity index (χ1) is 8.65. The SMILES string of the molecule is CCc1cnc(CCNC(=NC)NCC(C)C)s1. The molecular weight excluding hydrogens is 244 g/mol. The zero-order chi connectivity index (χ0) is 13.4. The number of hydrogen-bond acceptors (Lipinski definition) is 3. The minimum atomic E-state index is 0.620. The van der Waals surface area contributed by atoms with E-state index in [1.54, 1.807) is 18.4 Å². The summed E-state index contributed by atoms with van der Waals surface area (Å²) in [6, 6.07) is 0. The Balaban J connectivity index is 2.27. The summed E-state index contributed by atoms with van der Waals surface area (Å²) in [5.74, 6) is 1.49. The zero-order valence-electron chi connectivity index (χ0n) is 11.8. The smallest absolute Gasteiger partial charge is 0.190 e. The van der Waals surface area contributed by atoms with Crippen molar-refractivity contribution >= 4 is 17.3 Å². The maximum Gasteiger partial charge on any atom is 0.190 e. The third-order valence-electron chi connectivity index (χ3n) is 2.48. The van der Waals surface area contributed by atoms with Gasteiger partial charge >= 0.3 is 0 Å². The van der Waals surface area contributed by atoms with Gasteiger partial charge in [-0.25, -0.2) is 4.98 Å². The lowest BCUT2D eigenvalue weighted by molar-refractivity contribution is 0.614. The largest absolute Gasteiger partial charge is 0.356 e. The van der Waals surface area contributed by atoms with Crippen molar-refractivity contribution in [2.75, 3.05) is 20.1 Å². The number of hydrogen-bond donors (Lipinski definition) is 2. The summed E-state index contributed by atoms with van der Waals surface area (Å²) in [6.07, 6.45) is 4.00. The van der Waals surface area contributed by atoms with Gasteiger partial charge in [0, 0.05) is 37.6 Å². The molecule has 0 radical (unpaired) electrons. The second kappa shape index (κ2) is 8.08. The van der Waals surface area contributed by atoms with Gasteiger partial charge in [0.2, 0.25) is 0 Å². The standard InChI is InChI=1S/C13H24N4S/c1-5-11-9-16-12(18-11)6-7-15-13(14-4)17-8-10(2)3/h9-10H,5-8H2,1-4H3,(H2,14,15,17). The van der Waals surface area contributed by atoms with Gasteiger partial charge in [0.15, 0.2) is 5.96 Å². The van der Waals surface area contributed by atoms with Gasteiger partial charge in [-0.15, -0.1) is 11.3 Å². The van der Waals surface area contributed by atoms with E-state index in [4.69, 9.17) is 0 Å². The molecule has 1 rings (SSSR count). The molecule has 0 amide bonds. The lowest BCUT2D eigenvalue weighted by Gasteiger charge is -2.12. The van der Waals surface area contributed by atoms with Gasteiger partial charge in [-0.05, 0) is 12.3 Å². The molecule has 0 saturated heterocycles. The minimum Gasteiger partial charge on any atom is -0.356 e. The van der Waals surface area contributed by atoms with Crippen LogP contribution in [0.25, 0.3) is 0 Å². The fourth-order valence-corrected chi connectivity index (χ4v) is 2.30. The highest BCUT2D eigenvalue weighted by Crippen LogP contribution is 2.13. The number of aliphatic imine (C=N–C) groups is 1. The van der Waals surface area contributed by atoms with Gasteiger partial charge in [0.1, 0.15) is 0 Å². The number of aryl methyl sites for hydroxylation is 1. The molecule has 0 aliphatic heterocycles. The predicted molar refractivity (Wildman–Crippen MR) is 79.4 cm³/mol. The summed E-state index contributed by atoms with van der Waals surface area (Å²) in [5.41, 5.74) is 0. The summed E-state index contributed by atoms with van der Waals surface area (Å²) < 4.78 is 0. The molecule has 102 valence electrons. The van der Waals surface area contributed by atoms with Crippen molar-refractivity contribution in [3.8, 4) is 0 Å². The molecule has 1 aromatic rings. The van der Waals surface area contributed by atoms with Gasteiger partial charge in [-0.1, -0.05) is 20.8 Å². The Kier molecular flexibility index (Phi) is 6.72. The summed E-state index contributed by atoms with van der Waals surface area (Å²) in [7, 11) is 1.80. The Labute approximate surface area is 114 Å². The van der Waals surface area contributed by atoms with Crippen LogP contribution in [0.4, 0.5) is 0 Å². The number of nitrogens with zero attached hydrogens (tertiary/aromatic N) is 2. The average Bonchev–Trinajstić information content (AvgIpc) is 2.81. The Hall–Kier alpha value is -1.10. The van der Waals surface area contributed by atoms with Gasteiger partial charge in [-0.3, -0.25) is 4.99 Å². The van der Waals surface area contributed by atoms with Crippen LogP contribution in [0.3, 0.4) is 0 Å². The van der Waals surface area contributed by atoms with Crippen LogP contribution < -0.4 is 10.6 Å². The number of aromatic nitrogens is 1. The van der Waals surface area contributed by atoms with Crippen LogP contribution in [0.2, 0.25) is 0 Å². The molecule has 0 spiro atoms. The first-order valence-corrected chi connectivity index (χ1v) is 7.35. The van der Waals surface area contributed by atoms with Crippen LogP contribution in [0, 0.1) is 5.92 Å². The van der Waals surface area contributed by atoms with Gasteiger partial charge < -0.3 is 10.6 Å². The summed E-state index contributed by atoms with van der Waals surface area (Å²) in [4.78, 5) is 9.95. The molecule has 0 aromatic carbocycles. The van der Waals surface area contributed by atoms with E-state index in [-0.39, 0.29) is 0 Å². The molecule has 0 atom stereocenters. The first kappa shape index (κ1) is 15.0. The molecule has 2 N–H and O–H groups in total. The molecule has 0 aliphatic carbocycles. The van der Waals surface area contributed by atoms with Crippen molar-refractivity contribution in [3.63, 3.8) is 0 Å². The molecule has 5 heteroatoms. The van der Waals surface area contributed by atoms with Crippen LogP contribution in [0.1, 0.15) is 30.7 Å². The van der Waals surface area contributed by atoms with E-state index in [2.05, 4.69) is 41.4 Å². The van der Waals surface area contributed by atoms with Crippen LogP contribution >= 0.6 is 11.3 Å². The van der Waals surface area contributed by atoms with Crippen LogP contribution in [-0.4, -0.2) is 31.1 Å². The Morgan fingerprint density at radius 1 is 1.44 bits per heavy atom. The van der Waals surface area contributed by atoms with Crippen molar-refractivity contribution < 1.29 is 0 Å². The predicted octanol–water partition coefficient (Wildman–Crippen LogP) is 2.07. The van der Waals surface area contributed by atoms with E-state index in [0.717, 1.165) is 31.9 Å². The molecule has 1 heterocycles. The zero-order valence-corrected chi connectivity index (χ0v) is 12.6. The highest BCUT2D eigenvalue weighted by Gasteiger charge is 2.02. The summed E-state index contributed by atoms with van der Waals surface area (Å²) in [6.45, 7) is 8.34. The van der Waals surface area contributed by atoms with Crippen molar-refractivity contribution in [3.05, 3.63) is 16.1 Å². The van der Waals surface area contributed by atoms with Gasteiger partial charge in [-0.2, -0.15) is 0 Å². The molecule has 18 heavy (non-hydrogen) atoms. The minimum absolute atomic E-state index is 0.620. The number of rotatable bonds is 6. The van der Waals surface area contributed by atoms with E-state index in [1.807, 2.05) is 6.20 Å². The topological polar surface area (TPSA) is 49.3 Å². The highest BCUT2D eigenvalue weighted by atomic mass is 32.1. The molecule has 1 aromatic heterocycles. The van der Waals surface area contributed by atoms with Gasteiger partial charge in [0.05, 0.1) is 5.01 Å². The van der Waals surface area contributed by atoms with Crippen LogP contribution in [0.15, 0.2) is 11.2 Å². The quantitative estimate of drug-likeness (QED) is 0.613. The van der Waals surface area contributed by atoms with E-state index >= 15 is 0 Å². The van der Waals surface area contributed by atoms with Crippen molar-refractivity contribution in [2.24, 2.45) is 10.9 Å². The van der Waals surface area contributed by atoms with Crippen LogP contribution in [0.5, 0.6) is 0 Å². The lowest BCUT2D eigenvalue weighted by atomic mass is 10.2. The fourth-order valence-electron chi connectivity index (χ4n) is 1.44. The molecule has 0 fully saturated rings. The lowest BCUT2D eigenvalue weighted by Crippen LogP contribution is -2.39. The fraction of sp³-hybridized carbons (Fsp3) is 0.692. The highest BCUT2D eigenvalue weighted by molar-refractivity contribution is 7.11. The Morgan fingerprint density at radius 2 is 2.22 bits per heavy atom. The molecular formula is C13H24N4S. The third-order valence-corrected chi connectivity index (χ3v) is 3.68. The summed E-state index contributed by atoms with van der Waals surface area (Å²) >= 11 is 1.80. The van der Waals surface area contributed by atoms with Gasteiger partial charge in [0.25, 0.3) is 0 Å². The maximum atomic E-state index is 4.40. The maximum absolute atomic E-state index is 4.40. The number of thiazole rings is 1. The normalized spacial score (nSPS) is 11.9. The second-order valence-corrected chi connectivity index (χ2v) is 5.80. The number of nitrogens with one attached hydrogen (secondary N) is 2. The molecule has 0 saturated carbocycles. The van der Waals surface area contributed by atoms with Crippen molar-refractivity contribution in [2.45, 2.75) is 33.6 Å². The van der Waals surface area contributed by atoms with E-state index in [0.29, 0.717) is 5.92 Å². The third kappa shape index (κ3) is 5.49. The molecule has 4 nitrogen and oxygen atoms in total. The summed E-state index contributed by atoms with van der Waals surface area (Å²) in [5, 5.41) is 7.79. The molecule has 0 bridgehead atoms. The Morgan fingerprint density at radius 3 is 2.78 bits per heavy atom. The van der Waals surface area contributed by atoms with Crippen molar-refractivity contribution in [1.29, 1.82) is 0 Å². The van der Waals surface area contributed by atoms with Crippen LogP contribution in [-0.2, 0) is 12.8 Å². The molecule has 0 aliphatic rings. The van der Waals surface area contributed by atoms with E-state index in [9.17, 15) is 0 Å². The second-order valence-electron chi connectivity index (χ2n) is 4.60. The van der Waals surface area contributed by atoms with E-state index < -0.39 is 0 Å². The van der Waals surface area contributed by atoms with Crippen molar-refractivity contribution in [1.82, 2.24) is 15.6 Å².